The second-order valence-corrected chi connectivity index (χ2v) is 7.30. The Kier molecular flexibility index (Phi) is 6.94. The monoisotopic (exact) mass is 414 g/mol. The largest absolute Gasteiger partial charge is 0.297 e. The van der Waals surface area contributed by atoms with Crippen molar-refractivity contribution in [1.29, 1.82) is 0 Å². The molecule has 0 aliphatic carbocycles. The van der Waals surface area contributed by atoms with Crippen LogP contribution in [0.3, 0.4) is 0 Å². The third kappa shape index (κ3) is 6.05. The molecule has 136 valence electrons. The quantitative estimate of drug-likeness (QED) is 0.583. The molecule has 6 heteroatoms. The smallest absolute Gasteiger partial charge is 0.254 e. The van der Waals surface area contributed by atoms with Gasteiger partial charge in [-0.2, -0.15) is 5.10 Å². The highest BCUT2D eigenvalue weighted by molar-refractivity contribution is 9.10. The van der Waals surface area contributed by atoms with Gasteiger partial charge in [-0.15, -0.1) is 0 Å². The molecule has 0 unspecified atom stereocenters. The van der Waals surface area contributed by atoms with Crippen molar-refractivity contribution in [3.05, 3.63) is 70.2 Å². The number of hydrogen-bond acceptors (Lipinski definition) is 4. The van der Waals surface area contributed by atoms with Gasteiger partial charge in [0.05, 0.1) is 12.8 Å². The Morgan fingerprint density at radius 2 is 1.65 bits per heavy atom. The Labute approximate surface area is 162 Å². The van der Waals surface area contributed by atoms with Gasteiger partial charge >= 0.3 is 0 Å². The fraction of sp³-hybridized carbons (Fsp3) is 0.300. The Morgan fingerprint density at radius 3 is 2.35 bits per heavy atom. The summed E-state index contributed by atoms with van der Waals surface area (Å²) >= 11 is 3.39. The molecule has 3 rings (SSSR count). The average molecular weight is 415 g/mol. The highest BCUT2D eigenvalue weighted by atomic mass is 79.9. The molecule has 1 amide bonds. The van der Waals surface area contributed by atoms with Crippen molar-refractivity contribution < 1.29 is 4.79 Å². The summed E-state index contributed by atoms with van der Waals surface area (Å²) in [6, 6.07) is 18.3. The zero-order valence-corrected chi connectivity index (χ0v) is 16.2. The number of halogens is 1. The van der Waals surface area contributed by atoms with Gasteiger partial charge in [0.2, 0.25) is 0 Å². The number of piperazine rings is 1. The molecule has 1 heterocycles. The van der Waals surface area contributed by atoms with E-state index in [9.17, 15) is 4.79 Å². The summed E-state index contributed by atoms with van der Waals surface area (Å²) in [5.74, 6) is -0.0742. The maximum Gasteiger partial charge on any atom is 0.254 e. The summed E-state index contributed by atoms with van der Waals surface area (Å²) in [5.41, 5.74) is 4.89. The van der Waals surface area contributed by atoms with E-state index in [1.807, 2.05) is 30.3 Å². The molecule has 2 aromatic rings. The second kappa shape index (κ2) is 9.62. The van der Waals surface area contributed by atoms with Gasteiger partial charge in [0.15, 0.2) is 0 Å². The predicted octanol–water partition coefficient (Wildman–Crippen LogP) is 2.72. The highest BCUT2D eigenvalue weighted by Crippen LogP contribution is 2.09. The Bertz CT molecular complexity index is 725. The van der Waals surface area contributed by atoms with Crippen molar-refractivity contribution in [3.63, 3.8) is 0 Å². The molecule has 1 fully saturated rings. The first-order chi connectivity index (χ1) is 12.7. The van der Waals surface area contributed by atoms with Gasteiger partial charge < -0.3 is 0 Å². The topological polar surface area (TPSA) is 47.9 Å². The van der Waals surface area contributed by atoms with Crippen LogP contribution in [0.25, 0.3) is 0 Å². The number of amides is 1. The fourth-order valence-corrected chi connectivity index (χ4v) is 3.18. The SMILES string of the molecule is O=C(CN1CCN(Cc2ccccc2)CC1)N/N=C/c1ccc(Br)cc1. The van der Waals surface area contributed by atoms with E-state index in [0.29, 0.717) is 6.54 Å². The highest BCUT2D eigenvalue weighted by Gasteiger charge is 2.18. The molecular formula is C20H23BrN4O. The van der Waals surface area contributed by atoms with Gasteiger partial charge in [0, 0.05) is 37.2 Å². The molecule has 5 nitrogen and oxygen atoms in total. The van der Waals surface area contributed by atoms with Crippen LogP contribution in [0.1, 0.15) is 11.1 Å². The Hall–Kier alpha value is -2.02. The molecule has 0 spiro atoms. The van der Waals surface area contributed by atoms with Crippen molar-refractivity contribution in [3.8, 4) is 0 Å². The zero-order chi connectivity index (χ0) is 18.2. The molecule has 1 N–H and O–H groups in total. The van der Waals surface area contributed by atoms with Crippen molar-refractivity contribution >= 4 is 28.1 Å². The van der Waals surface area contributed by atoms with Crippen molar-refractivity contribution in [2.75, 3.05) is 32.7 Å². The van der Waals surface area contributed by atoms with Crippen LogP contribution in [0.5, 0.6) is 0 Å². The van der Waals surface area contributed by atoms with E-state index in [1.54, 1.807) is 6.21 Å². The normalized spacial score (nSPS) is 16.0. The Balaban J connectivity index is 1.37. The van der Waals surface area contributed by atoms with Crippen molar-refractivity contribution in [1.82, 2.24) is 15.2 Å². The van der Waals surface area contributed by atoms with Gasteiger partial charge in [-0.3, -0.25) is 14.6 Å². The Morgan fingerprint density at radius 1 is 1.00 bits per heavy atom. The summed E-state index contributed by atoms with van der Waals surface area (Å²) in [4.78, 5) is 16.6. The molecule has 1 aliphatic heterocycles. The van der Waals surface area contributed by atoms with Crippen LogP contribution in [0.15, 0.2) is 64.2 Å². The van der Waals surface area contributed by atoms with Crippen LogP contribution in [0.2, 0.25) is 0 Å². The maximum atomic E-state index is 12.0. The summed E-state index contributed by atoms with van der Waals surface area (Å²) in [7, 11) is 0. The van der Waals surface area contributed by atoms with Crippen LogP contribution in [0.4, 0.5) is 0 Å². The lowest BCUT2D eigenvalue weighted by molar-refractivity contribution is -0.122. The number of benzene rings is 2. The van der Waals surface area contributed by atoms with E-state index in [2.05, 4.69) is 60.5 Å². The predicted molar refractivity (Wildman–Crippen MR) is 108 cm³/mol. The first kappa shape index (κ1) is 18.8. The van der Waals surface area contributed by atoms with E-state index in [4.69, 9.17) is 0 Å². The molecule has 2 aromatic carbocycles. The van der Waals surface area contributed by atoms with E-state index < -0.39 is 0 Å². The van der Waals surface area contributed by atoms with Gasteiger partial charge in [0.1, 0.15) is 0 Å². The van der Waals surface area contributed by atoms with E-state index in [0.717, 1.165) is 42.8 Å². The molecule has 1 aliphatic rings. The standard InChI is InChI=1S/C20H23BrN4O/c21-19-8-6-17(7-9-19)14-22-23-20(26)16-25-12-10-24(11-13-25)15-18-4-2-1-3-5-18/h1-9,14H,10-13,15-16H2,(H,23,26)/b22-14+. The van der Waals surface area contributed by atoms with Gasteiger partial charge in [-0.05, 0) is 23.3 Å². The van der Waals surface area contributed by atoms with Crippen LogP contribution in [0, 0.1) is 0 Å². The first-order valence-corrected chi connectivity index (χ1v) is 9.54. The molecule has 0 atom stereocenters. The fourth-order valence-electron chi connectivity index (χ4n) is 2.91. The number of hydrazone groups is 1. The molecule has 0 radical (unpaired) electrons. The number of rotatable bonds is 6. The van der Waals surface area contributed by atoms with Crippen molar-refractivity contribution in [2.24, 2.45) is 5.10 Å². The molecule has 0 saturated carbocycles. The first-order valence-electron chi connectivity index (χ1n) is 8.75. The van der Waals surface area contributed by atoms with Crippen LogP contribution in [-0.2, 0) is 11.3 Å². The minimum Gasteiger partial charge on any atom is -0.297 e. The summed E-state index contributed by atoms with van der Waals surface area (Å²) in [6.07, 6.45) is 1.65. The third-order valence-corrected chi connectivity index (χ3v) is 4.88. The van der Waals surface area contributed by atoms with Gasteiger partial charge in [-0.1, -0.05) is 58.4 Å². The number of nitrogens with one attached hydrogen (secondary N) is 1. The molecular weight excluding hydrogens is 392 g/mol. The average Bonchev–Trinajstić information content (AvgIpc) is 2.66. The van der Waals surface area contributed by atoms with Gasteiger partial charge in [-0.25, -0.2) is 5.43 Å². The lowest BCUT2D eigenvalue weighted by Crippen LogP contribution is -2.48. The van der Waals surface area contributed by atoms with Crippen LogP contribution in [-0.4, -0.2) is 54.6 Å². The molecule has 0 bridgehead atoms. The minimum absolute atomic E-state index is 0.0742. The molecule has 1 saturated heterocycles. The lowest BCUT2D eigenvalue weighted by atomic mass is 10.2. The number of nitrogens with zero attached hydrogens (tertiary/aromatic N) is 3. The van der Waals surface area contributed by atoms with E-state index in [-0.39, 0.29) is 5.91 Å². The molecule has 26 heavy (non-hydrogen) atoms. The van der Waals surface area contributed by atoms with E-state index in [1.165, 1.54) is 5.56 Å². The van der Waals surface area contributed by atoms with E-state index >= 15 is 0 Å². The summed E-state index contributed by atoms with van der Waals surface area (Å²) in [6.45, 7) is 5.11. The minimum atomic E-state index is -0.0742. The lowest BCUT2D eigenvalue weighted by Gasteiger charge is -2.34. The van der Waals surface area contributed by atoms with Crippen LogP contribution < -0.4 is 5.43 Å². The molecule has 0 aromatic heterocycles. The maximum absolute atomic E-state index is 12.0. The zero-order valence-electron chi connectivity index (χ0n) is 14.6. The van der Waals surface area contributed by atoms with Crippen LogP contribution >= 0.6 is 15.9 Å². The summed E-state index contributed by atoms with van der Waals surface area (Å²) < 4.78 is 1.02. The number of hydrogen-bond donors (Lipinski definition) is 1. The van der Waals surface area contributed by atoms with Gasteiger partial charge in [0.25, 0.3) is 5.91 Å². The number of carbonyl (C=O) groups is 1. The number of carbonyl (C=O) groups excluding carboxylic acids is 1. The second-order valence-electron chi connectivity index (χ2n) is 6.38. The summed E-state index contributed by atoms with van der Waals surface area (Å²) in [5, 5.41) is 4.03. The third-order valence-electron chi connectivity index (χ3n) is 4.35. The van der Waals surface area contributed by atoms with Crippen molar-refractivity contribution in [2.45, 2.75) is 6.54 Å².